The van der Waals surface area contributed by atoms with Gasteiger partial charge >= 0.3 is 0 Å². The lowest BCUT2D eigenvalue weighted by atomic mass is 10.0. The van der Waals surface area contributed by atoms with Gasteiger partial charge in [0.2, 0.25) is 0 Å². The van der Waals surface area contributed by atoms with Gasteiger partial charge in [-0.2, -0.15) is 0 Å². The number of aliphatic hydroxyl groups excluding tert-OH is 1. The van der Waals surface area contributed by atoms with E-state index < -0.39 is 6.10 Å². The number of phenolic OH excluding ortho intramolecular Hbond substituents is 1. The molecule has 1 unspecified atom stereocenters. The van der Waals surface area contributed by atoms with Crippen molar-refractivity contribution in [2.75, 3.05) is 13.7 Å². The predicted molar refractivity (Wildman–Crippen MR) is 54.1 cm³/mol. The van der Waals surface area contributed by atoms with Crippen molar-refractivity contribution in [1.82, 2.24) is 0 Å². The summed E-state index contributed by atoms with van der Waals surface area (Å²) in [5.74, 6) is 0.0515. The Morgan fingerprint density at radius 2 is 2.27 bits per heavy atom. The van der Waals surface area contributed by atoms with Gasteiger partial charge in [0.1, 0.15) is 0 Å². The molecule has 0 aliphatic heterocycles. The minimum absolute atomic E-state index is 0.00519. The molecule has 0 aromatic heterocycles. The first-order valence-electron chi connectivity index (χ1n) is 4.38. The molecule has 0 spiro atoms. The largest absolute Gasteiger partial charge is 0.504 e. The van der Waals surface area contributed by atoms with E-state index in [4.69, 9.17) is 10.5 Å². The monoisotopic (exact) mass is 211 g/mol. The first-order chi connectivity index (χ1) is 7.13. The molecule has 0 fully saturated rings. The number of nitrogens with two attached hydrogens (primary N) is 1. The number of rotatable bonds is 4. The maximum absolute atomic E-state index is 10.7. The molecule has 0 aliphatic carbocycles. The van der Waals surface area contributed by atoms with E-state index in [9.17, 15) is 15.0 Å². The van der Waals surface area contributed by atoms with E-state index in [-0.39, 0.29) is 23.6 Å². The molecule has 0 aliphatic rings. The number of phenols is 1. The molecule has 0 bridgehead atoms. The molecule has 82 valence electrons. The zero-order chi connectivity index (χ0) is 11.4. The first-order valence-corrected chi connectivity index (χ1v) is 4.38. The highest BCUT2D eigenvalue weighted by molar-refractivity contribution is 5.79. The summed E-state index contributed by atoms with van der Waals surface area (Å²) >= 11 is 0. The zero-order valence-electron chi connectivity index (χ0n) is 8.30. The Bertz CT molecular complexity index is 365. The number of ether oxygens (including phenoxy) is 1. The van der Waals surface area contributed by atoms with Gasteiger partial charge in [-0.1, -0.05) is 0 Å². The van der Waals surface area contributed by atoms with Crippen LogP contribution < -0.4 is 10.5 Å². The van der Waals surface area contributed by atoms with Crippen molar-refractivity contribution in [3.63, 3.8) is 0 Å². The summed E-state index contributed by atoms with van der Waals surface area (Å²) in [6.45, 7) is -0.00519. The lowest BCUT2D eigenvalue weighted by molar-refractivity contribution is 0.111. The lowest BCUT2D eigenvalue weighted by Gasteiger charge is -2.13. The molecule has 0 radical (unpaired) electrons. The lowest BCUT2D eigenvalue weighted by Crippen LogP contribution is -2.13. The fourth-order valence-corrected chi connectivity index (χ4v) is 1.28. The number of aldehydes is 1. The van der Waals surface area contributed by atoms with Gasteiger partial charge in [0.15, 0.2) is 17.8 Å². The highest BCUT2D eigenvalue weighted by Gasteiger charge is 2.14. The highest BCUT2D eigenvalue weighted by atomic mass is 16.5. The van der Waals surface area contributed by atoms with Gasteiger partial charge in [0, 0.05) is 12.1 Å². The normalized spacial score (nSPS) is 12.2. The highest BCUT2D eigenvalue weighted by Crippen LogP contribution is 2.31. The number of methoxy groups -OCH3 is 1. The van der Waals surface area contributed by atoms with E-state index in [1.807, 2.05) is 0 Å². The van der Waals surface area contributed by atoms with Gasteiger partial charge in [0.25, 0.3) is 0 Å². The minimum Gasteiger partial charge on any atom is -0.504 e. The van der Waals surface area contributed by atoms with Crippen LogP contribution in [0.1, 0.15) is 22.0 Å². The third-order valence-electron chi connectivity index (χ3n) is 2.09. The SMILES string of the molecule is COc1cc(C(O)CN)c(C=O)cc1O. The van der Waals surface area contributed by atoms with Crippen molar-refractivity contribution in [2.24, 2.45) is 5.73 Å². The van der Waals surface area contributed by atoms with Gasteiger partial charge in [-0.05, 0) is 17.7 Å². The Morgan fingerprint density at radius 1 is 1.60 bits per heavy atom. The smallest absolute Gasteiger partial charge is 0.160 e. The topological polar surface area (TPSA) is 92.8 Å². The maximum atomic E-state index is 10.7. The summed E-state index contributed by atoms with van der Waals surface area (Å²) in [7, 11) is 1.38. The van der Waals surface area contributed by atoms with E-state index in [1.54, 1.807) is 0 Å². The molecule has 15 heavy (non-hydrogen) atoms. The molecule has 1 atom stereocenters. The Labute approximate surface area is 87.1 Å². The number of aliphatic hydroxyl groups is 1. The van der Waals surface area contributed by atoms with Crippen LogP contribution in [-0.4, -0.2) is 30.2 Å². The van der Waals surface area contributed by atoms with Crippen molar-refractivity contribution in [3.05, 3.63) is 23.3 Å². The zero-order valence-corrected chi connectivity index (χ0v) is 8.30. The fourth-order valence-electron chi connectivity index (χ4n) is 1.28. The number of hydrogen-bond acceptors (Lipinski definition) is 5. The van der Waals surface area contributed by atoms with Crippen LogP contribution in [-0.2, 0) is 0 Å². The first kappa shape index (κ1) is 11.5. The average molecular weight is 211 g/mol. The van der Waals surface area contributed by atoms with Gasteiger partial charge in [-0.25, -0.2) is 0 Å². The molecule has 1 aromatic carbocycles. The number of benzene rings is 1. The van der Waals surface area contributed by atoms with Crippen LogP contribution in [0.5, 0.6) is 11.5 Å². The van der Waals surface area contributed by atoms with Crippen molar-refractivity contribution in [2.45, 2.75) is 6.10 Å². The van der Waals surface area contributed by atoms with Crippen LogP contribution in [0.25, 0.3) is 0 Å². The maximum Gasteiger partial charge on any atom is 0.160 e. The van der Waals surface area contributed by atoms with Gasteiger partial charge in [-0.3, -0.25) is 4.79 Å². The van der Waals surface area contributed by atoms with Crippen LogP contribution >= 0.6 is 0 Å². The number of carbonyl (C=O) groups is 1. The van der Waals surface area contributed by atoms with Gasteiger partial charge in [-0.15, -0.1) is 0 Å². The van der Waals surface area contributed by atoms with Crippen molar-refractivity contribution < 1.29 is 19.7 Å². The average Bonchev–Trinajstić information content (AvgIpc) is 2.27. The van der Waals surface area contributed by atoms with Crippen LogP contribution in [0, 0.1) is 0 Å². The van der Waals surface area contributed by atoms with Crippen LogP contribution in [0.4, 0.5) is 0 Å². The van der Waals surface area contributed by atoms with E-state index in [0.717, 1.165) is 0 Å². The number of carbonyl (C=O) groups excluding carboxylic acids is 1. The van der Waals surface area contributed by atoms with E-state index >= 15 is 0 Å². The fraction of sp³-hybridized carbons (Fsp3) is 0.300. The molecule has 0 saturated heterocycles. The second-order valence-corrected chi connectivity index (χ2v) is 3.02. The molecule has 1 aromatic rings. The Balaban J connectivity index is 3.28. The van der Waals surface area contributed by atoms with Crippen molar-refractivity contribution in [1.29, 1.82) is 0 Å². The van der Waals surface area contributed by atoms with Gasteiger partial charge < -0.3 is 20.7 Å². The molecule has 5 heteroatoms. The third kappa shape index (κ3) is 2.26. The predicted octanol–water partition coefficient (Wildman–Crippen LogP) is 0.205. The summed E-state index contributed by atoms with van der Waals surface area (Å²) in [6, 6.07) is 2.64. The second-order valence-electron chi connectivity index (χ2n) is 3.02. The Morgan fingerprint density at radius 3 is 2.73 bits per heavy atom. The van der Waals surface area contributed by atoms with Crippen LogP contribution in [0.2, 0.25) is 0 Å². The standard InChI is InChI=1S/C10H13NO4/c1-15-10-3-7(9(14)4-11)6(5-12)2-8(10)13/h2-3,5,9,13-14H,4,11H2,1H3. The number of aromatic hydroxyl groups is 1. The molecule has 5 nitrogen and oxygen atoms in total. The summed E-state index contributed by atoms with van der Waals surface area (Å²) in [5.41, 5.74) is 5.84. The molecule has 0 heterocycles. The summed E-state index contributed by atoms with van der Waals surface area (Å²) in [4.78, 5) is 10.7. The summed E-state index contributed by atoms with van der Waals surface area (Å²) in [6.07, 6.45) is -0.396. The third-order valence-corrected chi connectivity index (χ3v) is 2.09. The molecule has 0 saturated carbocycles. The Hall–Kier alpha value is -1.59. The molecular weight excluding hydrogens is 198 g/mol. The second kappa shape index (κ2) is 4.77. The van der Waals surface area contributed by atoms with Crippen LogP contribution in [0.3, 0.4) is 0 Å². The quantitative estimate of drug-likeness (QED) is 0.619. The summed E-state index contributed by atoms with van der Waals surface area (Å²) in [5, 5.41) is 18.9. The summed E-state index contributed by atoms with van der Waals surface area (Å²) < 4.78 is 4.86. The van der Waals surface area contributed by atoms with Crippen LogP contribution in [0.15, 0.2) is 12.1 Å². The molecule has 0 amide bonds. The molecule has 1 rings (SSSR count). The van der Waals surface area contributed by atoms with Crippen molar-refractivity contribution in [3.8, 4) is 11.5 Å². The minimum atomic E-state index is -0.945. The van der Waals surface area contributed by atoms with E-state index in [2.05, 4.69) is 0 Å². The Kier molecular flexibility index (Phi) is 3.65. The number of hydrogen-bond donors (Lipinski definition) is 3. The van der Waals surface area contributed by atoms with E-state index in [1.165, 1.54) is 19.2 Å². The molecular formula is C10H13NO4. The van der Waals surface area contributed by atoms with E-state index in [0.29, 0.717) is 11.8 Å². The van der Waals surface area contributed by atoms with Gasteiger partial charge in [0.05, 0.1) is 13.2 Å². The molecule has 4 N–H and O–H groups in total. The van der Waals surface area contributed by atoms with Crippen molar-refractivity contribution >= 4 is 6.29 Å².